The lowest BCUT2D eigenvalue weighted by Crippen LogP contribution is -2.49. The predicted molar refractivity (Wildman–Crippen MR) is 116 cm³/mol. The van der Waals surface area contributed by atoms with Crippen molar-refractivity contribution in [3.8, 4) is 0 Å². The van der Waals surface area contributed by atoms with Crippen molar-refractivity contribution in [2.24, 2.45) is 10.9 Å². The van der Waals surface area contributed by atoms with Crippen molar-refractivity contribution in [2.75, 3.05) is 66.0 Å². The summed E-state index contributed by atoms with van der Waals surface area (Å²) in [7, 11) is 1.84. The molecule has 0 saturated carbocycles. The van der Waals surface area contributed by atoms with E-state index in [4.69, 9.17) is 4.74 Å². The van der Waals surface area contributed by atoms with Crippen LogP contribution in [0.5, 0.6) is 0 Å². The summed E-state index contributed by atoms with van der Waals surface area (Å²) in [6.07, 6.45) is 2.28. The maximum absolute atomic E-state index is 5.82. The average molecular weight is 467 g/mol. The van der Waals surface area contributed by atoms with E-state index in [1.807, 2.05) is 7.05 Å². The quantitative estimate of drug-likeness (QED) is 0.339. The molecule has 0 amide bonds. The normalized spacial score (nSPS) is 27.0. The maximum Gasteiger partial charge on any atom is 0.191 e. The highest BCUT2D eigenvalue weighted by molar-refractivity contribution is 14.0. The first-order chi connectivity index (χ1) is 11.5. The molecule has 2 rings (SSSR count). The lowest BCUT2D eigenvalue weighted by atomic mass is 10.0. The fourth-order valence-corrected chi connectivity index (χ4v) is 3.53. The molecule has 7 heteroatoms. The second kappa shape index (κ2) is 11.6. The van der Waals surface area contributed by atoms with Crippen molar-refractivity contribution in [1.82, 2.24) is 20.4 Å². The minimum absolute atomic E-state index is 0. The van der Waals surface area contributed by atoms with Gasteiger partial charge in [0.2, 0.25) is 0 Å². The van der Waals surface area contributed by atoms with Crippen molar-refractivity contribution in [3.05, 3.63) is 0 Å². The van der Waals surface area contributed by atoms with Gasteiger partial charge in [-0.2, -0.15) is 0 Å². The van der Waals surface area contributed by atoms with Crippen molar-refractivity contribution >= 4 is 29.9 Å². The third kappa shape index (κ3) is 7.97. The first-order valence-corrected chi connectivity index (χ1v) is 9.58. The zero-order valence-corrected chi connectivity index (χ0v) is 18.8. The van der Waals surface area contributed by atoms with Crippen LogP contribution in [0.3, 0.4) is 0 Å². The van der Waals surface area contributed by atoms with Crippen LogP contribution in [0.25, 0.3) is 0 Å². The molecular weight excluding hydrogens is 429 g/mol. The van der Waals surface area contributed by atoms with E-state index in [0.29, 0.717) is 5.92 Å². The van der Waals surface area contributed by atoms with Crippen LogP contribution < -0.4 is 10.6 Å². The Morgan fingerprint density at radius 3 is 2.44 bits per heavy atom. The SMILES string of the molecule is CCN1CCN(CC(C)CNC(=NC)NCC2(C)CCCO2)CC1.I. The van der Waals surface area contributed by atoms with E-state index in [1.54, 1.807) is 0 Å². The number of likely N-dealkylation sites (N-methyl/N-ethyl adjacent to an activating group) is 1. The summed E-state index contributed by atoms with van der Waals surface area (Å²) in [5, 5.41) is 6.88. The lowest BCUT2D eigenvalue weighted by molar-refractivity contribution is 0.0242. The monoisotopic (exact) mass is 467 g/mol. The molecule has 0 aromatic heterocycles. The number of piperazine rings is 1. The number of rotatable bonds is 7. The van der Waals surface area contributed by atoms with E-state index in [1.165, 1.54) is 32.7 Å². The molecule has 0 bridgehead atoms. The van der Waals surface area contributed by atoms with E-state index in [-0.39, 0.29) is 29.6 Å². The third-order valence-electron chi connectivity index (χ3n) is 5.25. The van der Waals surface area contributed by atoms with Crippen LogP contribution in [-0.4, -0.2) is 87.4 Å². The van der Waals surface area contributed by atoms with Gasteiger partial charge in [0.05, 0.1) is 5.60 Å². The molecule has 2 fully saturated rings. The van der Waals surface area contributed by atoms with Gasteiger partial charge in [-0.3, -0.25) is 4.99 Å². The summed E-state index contributed by atoms with van der Waals surface area (Å²) in [6, 6.07) is 0. The molecule has 0 aromatic rings. The second-order valence-electron chi connectivity index (χ2n) is 7.55. The molecule has 0 aromatic carbocycles. The molecule has 2 atom stereocenters. The highest BCUT2D eigenvalue weighted by Gasteiger charge is 2.29. The van der Waals surface area contributed by atoms with E-state index in [2.05, 4.69) is 46.2 Å². The highest BCUT2D eigenvalue weighted by atomic mass is 127. The van der Waals surface area contributed by atoms with Crippen molar-refractivity contribution < 1.29 is 4.74 Å². The Morgan fingerprint density at radius 1 is 1.20 bits per heavy atom. The van der Waals surface area contributed by atoms with Gasteiger partial charge in [0.1, 0.15) is 0 Å². The zero-order valence-electron chi connectivity index (χ0n) is 16.5. The molecule has 2 aliphatic heterocycles. The topological polar surface area (TPSA) is 52.1 Å². The number of guanidine groups is 1. The molecule has 2 N–H and O–H groups in total. The number of hydrogen-bond acceptors (Lipinski definition) is 4. The summed E-state index contributed by atoms with van der Waals surface area (Å²) in [5.74, 6) is 1.49. The zero-order chi connectivity index (χ0) is 17.4. The first-order valence-electron chi connectivity index (χ1n) is 9.58. The molecule has 2 unspecified atom stereocenters. The van der Waals surface area contributed by atoms with Gasteiger partial charge in [0.25, 0.3) is 0 Å². The third-order valence-corrected chi connectivity index (χ3v) is 5.25. The average Bonchev–Trinajstić information content (AvgIpc) is 3.02. The van der Waals surface area contributed by atoms with Crippen LogP contribution in [-0.2, 0) is 4.74 Å². The van der Waals surface area contributed by atoms with Crippen LogP contribution in [0.15, 0.2) is 4.99 Å². The largest absolute Gasteiger partial charge is 0.373 e. The Labute approximate surface area is 171 Å². The summed E-state index contributed by atoms with van der Waals surface area (Å²) >= 11 is 0. The van der Waals surface area contributed by atoms with Crippen LogP contribution in [0, 0.1) is 5.92 Å². The van der Waals surface area contributed by atoms with Crippen molar-refractivity contribution in [2.45, 2.75) is 39.2 Å². The second-order valence-corrected chi connectivity index (χ2v) is 7.55. The molecule has 6 nitrogen and oxygen atoms in total. The number of aliphatic imine (C=N–C) groups is 1. The fraction of sp³-hybridized carbons (Fsp3) is 0.944. The number of halogens is 1. The Hall–Kier alpha value is -0.120. The number of ether oxygens (including phenoxy) is 1. The molecule has 0 aliphatic carbocycles. The number of hydrogen-bond donors (Lipinski definition) is 2. The highest BCUT2D eigenvalue weighted by Crippen LogP contribution is 2.23. The van der Waals surface area contributed by atoms with Gasteiger partial charge in [-0.05, 0) is 32.2 Å². The molecule has 2 saturated heterocycles. The van der Waals surface area contributed by atoms with Gasteiger partial charge in [0.15, 0.2) is 5.96 Å². The Morgan fingerprint density at radius 2 is 1.88 bits per heavy atom. The molecule has 2 aliphatic rings. The fourth-order valence-electron chi connectivity index (χ4n) is 3.53. The smallest absolute Gasteiger partial charge is 0.191 e. The predicted octanol–water partition coefficient (Wildman–Crippen LogP) is 1.61. The summed E-state index contributed by atoms with van der Waals surface area (Å²) in [4.78, 5) is 9.45. The molecule has 0 spiro atoms. The maximum atomic E-state index is 5.82. The van der Waals surface area contributed by atoms with Gasteiger partial charge in [-0.25, -0.2) is 0 Å². The number of nitrogens with one attached hydrogen (secondary N) is 2. The van der Waals surface area contributed by atoms with Crippen LogP contribution in [0.1, 0.15) is 33.6 Å². The Kier molecular flexibility index (Phi) is 10.6. The van der Waals surface area contributed by atoms with Gasteiger partial charge < -0.3 is 25.2 Å². The van der Waals surface area contributed by atoms with Gasteiger partial charge in [-0.1, -0.05) is 13.8 Å². The van der Waals surface area contributed by atoms with Crippen LogP contribution >= 0.6 is 24.0 Å². The van der Waals surface area contributed by atoms with E-state index < -0.39 is 0 Å². The Bertz CT molecular complexity index is 393. The first kappa shape index (κ1) is 22.9. The van der Waals surface area contributed by atoms with Crippen molar-refractivity contribution in [3.63, 3.8) is 0 Å². The minimum Gasteiger partial charge on any atom is -0.373 e. The molecule has 2 heterocycles. The van der Waals surface area contributed by atoms with E-state index in [9.17, 15) is 0 Å². The molecule has 25 heavy (non-hydrogen) atoms. The Balaban J connectivity index is 0.00000312. The molecule has 0 radical (unpaired) electrons. The molecule has 148 valence electrons. The van der Waals surface area contributed by atoms with Crippen molar-refractivity contribution in [1.29, 1.82) is 0 Å². The van der Waals surface area contributed by atoms with E-state index >= 15 is 0 Å². The molecular formula is C18H38IN5O. The minimum atomic E-state index is -0.0395. The summed E-state index contributed by atoms with van der Waals surface area (Å²) < 4.78 is 5.82. The van der Waals surface area contributed by atoms with Crippen LogP contribution in [0.4, 0.5) is 0 Å². The standard InChI is InChI=1S/C18H37N5O.HI/c1-5-22-8-10-23(11-9-22)14-16(2)13-20-17(19-4)21-15-18(3)7-6-12-24-18;/h16H,5-15H2,1-4H3,(H2,19,20,21);1H. The lowest BCUT2D eigenvalue weighted by Gasteiger charge is -2.35. The summed E-state index contributed by atoms with van der Waals surface area (Å²) in [6.45, 7) is 16.5. The van der Waals surface area contributed by atoms with Gasteiger partial charge in [0, 0.05) is 59.5 Å². The van der Waals surface area contributed by atoms with E-state index in [0.717, 1.165) is 45.0 Å². The van der Waals surface area contributed by atoms with Gasteiger partial charge in [-0.15, -0.1) is 24.0 Å². The van der Waals surface area contributed by atoms with Crippen LogP contribution in [0.2, 0.25) is 0 Å². The summed E-state index contributed by atoms with van der Waals surface area (Å²) in [5.41, 5.74) is -0.0395. The number of nitrogens with zero attached hydrogens (tertiary/aromatic N) is 3. The van der Waals surface area contributed by atoms with Gasteiger partial charge >= 0.3 is 0 Å².